The third-order valence-corrected chi connectivity index (χ3v) is 4.43. The number of rotatable bonds is 8. The van der Waals surface area contributed by atoms with Crippen LogP contribution in [0.25, 0.3) is 0 Å². The van der Waals surface area contributed by atoms with Gasteiger partial charge in [0.15, 0.2) is 5.16 Å². The Morgan fingerprint density at radius 2 is 1.62 bits per heavy atom. The summed E-state index contributed by atoms with van der Waals surface area (Å²) in [7, 11) is 0. The zero-order valence-corrected chi connectivity index (χ0v) is 16.3. The summed E-state index contributed by atoms with van der Waals surface area (Å²) in [5.74, 6) is 0.429. The summed E-state index contributed by atoms with van der Waals surface area (Å²) in [5, 5.41) is 14.3. The number of hydrogen-bond acceptors (Lipinski definition) is 5. The molecule has 1 aromatic heterocycles. The van der Waals surface area contributed by atoms with Gasteiger partial charge in [-0.1, -0.05) is 25.6 Å². The van der Waals surface area contributed by atoms with Gasteiger partial charge in [-0.15, -0.1) is 10.2 Å². The van der Waals surface area contributed by atoms with E-state index in [2.05, 4.69) is 20.8 Å². The Bertz CT molecular complexity index is 740. The van der Waals surface area contributed by atoms with E-state index in [9.17, 15) is 9.59 Å². The SMILES string of the molecule is CC(C)CC(=O)Nc1ccc(NC(=O)CSc2nncn2C(C)C)cc1. The number of thioether (sulfide) groups is 1. The van der Waals surface area contributed by atoms with Gasteiger partial charge in [0, 0.05) is 23.8 Å². The van der Waals surface area contributed by atoms with Crippen molar-refractivity contribution in [3.05, 3.63) is 30.6 Å². The van der Waals surface area contributed by atoms with E-state index in [0.29, 0.717) is 23.7 Å². The molecule has 0 saturated carbocycles. The quantitative estimate of drug-likeness (QED) is 0.689. The summed E-state index contributed by atoms with van der Waals surface area (Å²) in [6.07, 6.45) is 2.15. The van der Waals surface area contributed by atoms with E-state index in [0.717, 1.165) is 5.16 Å². The maximum atomic E-state index is 12.1. The normalized spacial score (nSPS) is 11.0. The number of anilines is 2. The third-order valence-electron chi connectivity index (χ3n) is 3.47. The second kappa shape index (κ2) is 9.38. The van der Waals surface area contributed by atoms with Crippen molar-refractivity contribution >= 4 is 35.0 Å². The molecule has 2 aromatic rings. The van der Waals surface area contributed by atoms with Gasteiger partial charge in [-0.25, -0.2) is 0 Å². The number of nitrogens with one attached hydrogen (secondary N) is 2. The van der Waals surface area contributed by atoms with Crippen LogP contribution in [0.15, 0.2) is 35.7 Å². The summed E-state index contributed by atoms with van der Waals surface area (Å²) in [5.41, 5.74) is 1.40. The Kier molecular flexibility index (Phi) is 7.20. The molecule has 1 heterocycles. The van der Waals surface area contributed by atoms with Crippen LogP contribution in [-0.2, 0) is 9.59 Å². The van der Waals surface area contributed by atoms with Gasteiger partial charge < -0.3 is 15.2 Å². The highest BCUT2D eigenvalue weighted by atomic mass is 32.2. The minimum absolute atomic E-state index is 0.0116. The van der Waals surface area contributed by atoms with Crippen molar-refractivity contribution in [2.24, 2.45) is 5.92 Å². The monoisotopic (exact) mass is 375 g/mol. The van der Waals surface area contributed by atoms with E-state index in [-0.39, 0.29) is 23.6 Å². The first-order chi connectivity index (χ1) is 12.3. The molecule has 2 N–H and O–H groups in total. The molecule has 0 aliphatic carbocycles. The number of carbonyl (C=O) groups is 2. The summed E-state index contributed by atoms with van der Waals surface area (Å²) in [4.78, 5) is 23.9. The first kappa shape index (κ1) is 20.0. The van der Waals surface area contributed by atoms with Crippen molar-refractivity contribution in [1.82, 2.24) is 14.8 Å². The van der Waals surface area contributed by atoms with Crippen LogP contribution in [0.1, 0.15) is 40.2 Å². The van der Waals surface area contributed by atoms with Crippen LogP contribution >= 0.6 is 11.8 Å². The lowest BCUT2D eigenvalue weighted by atomic mass is 10.1. The Labute approximate surface area is 158 Å². The lowest BCUT2D eigenvalue weighted by molar-refractivity contribution is -0.117. The second-order valence-electron chi connectivity index (χ2n) is 6.67. The van der Waals surface area contributed by atoms with Gasteiger partial charge in [-0.3, -0.25) is 9.59 Å². The molecule has 2 amide bonds. The number of carbonyl (C=O) groups excluding carboxylic acids is 2. The van der Waals surface area contributed by atoms with Crippen LogP contribution in [0.5, 0.6) is 0 Å². The maximum absolute atomic E-state index is 12.1. The number of nitrogens with zero attached hydrogens (tertiary/aromatic N) is 3. The summed E-state index contributed by atoms with van der Waals surface area (Å²) < 4.78 is 1.92. The molecule has 7 nitrogen and oxygen atoms in total. The smallest absolute Gasteiger partial charge is 0.234 e. The molecule has 0 aliphatic rings. The van der Waals surface area contributed by atoms with Gasteiger partial charge >= 0.3 is 0 Å². The van der Waals surface area contributed by atoms with Crippen molar-refractivity contribution in [3.8, 4) is 0 Å². The summed E-state index contributed by atoms with van der Waals surface area (Å²) in [6, 6.07) is 7.33. The van der Waals surface area contributed by atoms with Crippen molar-refractivity contribution < 1.29 is 9.59 Å². The molecule has 0 saturated heterocycles. The molecular weight excluding hydrogens is 350 g/mol. The van der Waals surface area contributed by atoms with E-state index in [1.54, 1.807) is 30.6 Å². The van der Waals surface area contributed by atoms with Gasteiger partial charge in [0.25, 0.3) is 0 Å². The fourth-order valence-corrected chi connectivity index (χ4v) is 3.08. The highest BCUT2D eigenvalue weighted by molar-refractivity contribution is 7.99. The van der Waals surface area contributed by atoms with Crippen molar-refractivity contribution in [2.75, 3.05) is 16.4 Å². The largest absolute Gasteiger partial charge is 0.326 e. The van der Waals surface area contributed by atoms with Gasteiger partial charge in [0.1, 0.15) is 6.33 Å². The van der Waals surface area contributed by atoms with Crippen LogP contribution in [-0.4, -0.2) is 32.3 Å². The molecule has 0 spiro atoms. The molecule has 0 aliphatic heterocycles. The average Bonchev–Trinajstić information content (AvgIpc) is 3.03. The van der Waals surface area contributed by atoms with Crippen molar-refractivity contribution in [2.45, 2.75) is 45.3 Å². The third kappa shape index (κ3) is 6.18. The van der Waals surface area contributed by atoms with Crippen LogP contribution in [0, 0.1) is 5.92 Å². The topological polar surface area (TPSA) is 88.9 Å². The van der Waals surface area contributed by atoms with Gasteiger partial charge in [-0.05, 0) is 44.0 Å². The second-order valence-corrected chi connectivity index (χ2v) is 7.62. The van der Waals surface area contributed by atoms with E-state index < -0.39 is 0 Å². The minimum atomic E-state index is -0.120. The van der Waals surface area contributed by atoms with Crippen LogP contribution in [0.2, 0.25) is 0 Å². The molecule has 8 heteroatoms. The molecule has 2 rings (SSSR count). The molecule has 26 heavy (non-hydrogen) atoms. The number of hydrogen-bond donors (Lipinski definition) is 2. The van der Waals surface area contributed by atoms with E-state index in [1.165, 1.54) is 11.8 Å². The lowest BCUT2D eigenvalue weighted by Crippen LogP contribution is -2.15. The standard InChI is InChI=1S/C18H25N5O2S/c1-12(2)9-16(24)20-14-5-7-15(8-6-14)21-17(25)10-26-18-22-19-11-23(18)13(3)4/h5-8,11-13H,9-10H2,1-4H3,(H,20,24)(H,21,25). The molecule has 0 unspecified atom stereocenters. The summed E-state index contributed by atoms with van der Waals surface area (Å²) in [6.45, 7) is 8.07. The van der Waals surface area contributed by atoms with E-state index in [4.69, 9.17) is 0 Å². The van der Waals surface area contributed by atoms with Gasteiger partial charge in [-0.2, -0.15) is 0 Å². The predicted octanol–water partition coefficient (Wildman–Crippen LogP) is 3.57. The number of benzene rings is 1. The fraction of sp³-hybridized carbons (Fsp3) is 0.444. The average molecular weight is 375 g/mol. The molecule has 0 atom stereocenters. The molecule has 0 fully saturated rings. The first-order valence-corrected chi connectivity index (χ1v) is 9.55. The van der Waals surface area contributed by atoms with Gasteiger partial charge in [0.2, 0.25) is 11.8 Å². The van der Waals surface area contributed by atoms with Crippen LogP contribution < -0.4 is 10.6 Å². The predicted molar refractivity (Wildman–Crippen MR) is 104 cm³/mol. The van der Waals surface area contributed by atoms with Crippen molar-refractivity contribution in [1.29, 1.82) is 0 Å². The van der Waals surface area contributed by atoms with E-state index >= 15 is 0 Å². The van der Waals surface area contributed by atoms with Crippen molar-refractivity contribution in [3.63, 3.8) is 0 Å². The molecule has 1 aromatic carbocycles. The number of aromatic nitrogens is 3. The highest BCUT2D eigenvalue weighted by Crippen LogP contribution is 2.19. The number of amides is 2. The highest BCUT2D eigenvalue weighted by Gasteiger charge is 2.11. The lowest BCUT2D eigenvalue weighted by Gasteiger charge is -2.10. The molecule has 0 bridgehead atoms. The Hall–Kier alpha value is -2.35. The van der Waals surface area contributed by atoms with Gasteiger partial charge in [0.05, 0.1) is 5.75 Å². The molecule has 0 radical (unpaired) electrons. The summed E-state index contributed by atoms with van der Waals surface area (Å²) >= 11 is 1.35. The van der Waals surface area contributed by atoms with E-state index in [1.807, 2.05) is 32.3 Å². The van der Waals surface area contributed by atoms with Crippen LogP contribution in [0.4, 0.5) is 11.4 Å². The zero-order chi connectivity index (χ0) is 19.1. The minimum Gasteiger partial charge on any atom is -0.326 e. The Morgan fingerprint density at radius 3 is 2.15 bits per heavy atom. The molecular formula is C18H25N5O2S. The fourth-order valence-electron chi connectivity index (χ4n) is 2.24. The Morgan fingerprint density at radius 1 is 1.04 bits per heavy atom. The first-order valence-electron chi connectivity index (χ1n) is 8.57. The van der Waals surface area contributed by atoms with Crippen LogP contribution in [0.3, 0.4) is 0 Å². The zero-order valence-electron chi connectivity index (χ0n) is 15.5. The molecule has 140 valence electrons. The maximum Gasteiger partial charge on any atom is 0.234 e. The Balaban J connectivity index is 1.83.